The van der Waals surface area contributed by atoms with Crippen LogP contribution in [-0.2, 0) is 19.7 Å². The largest absolute Gasteiger partial charge is 0.481 e. The van der Waals surface area contributed by atoms with Crippen molar-refractivity contribution in [3.05, 3.63) is 35.9 Å². The fraction of sp³-hybridized carbons (Fsp3) is 0.429. The summed E-state index contributed by atoms with van der Waals surface area (Å²) >= 11 is 0. The third-order valence-corrected chi connectivity index (χ3v) is 3.01. The minimum atomic E-state index is -1.21. The van der Waals surface area contributed by atoms with Crippen molar-refractivity contribution in [2.75, 3.05) is 6.61 Å². The fourth-order valence-corrected chi connectivity index (χ4v) is 1.96. The molecule has 1 N–H and O–H groups in total. The summed E-state index contributed by atoms with van der Waals surface area (Å²) in [5.41, 5.74) is -0.0234. The molecule has 1 aromatic carbocycles. The summed E-state index contributed by atoms with van der Waals surface area (Å²) in [7, 11) is 0. The van der Waals surface area contributed by atoms with Crippen molar-refractivity contribution in [1.82, 2.24) is 0 Å². The molecule has 1 rings (SSSR count). The van der Waals surface area contributed by atoms with E-state index in [0.717, 1.165) is 5.56 Å². The van der Waals surface area contributed by atoms with Crippen LogP contribution >= 0.6 is 0 Å². The van der Waals surface area contributed by atoms with Gasteiger partial charge in [-0.3, -0.25) is 9.59 Å². The maximum atomic E-state index is 11.8. The van der Waals surface area contributed by atoms with Crippen LogP contribution in [0.15, 0.2) is 30.3 Å². The molecule has 0 spiro atoms. The van der Waals surface area contributed by atoms with Crippen molar-refractivity contribution in [1.29, 1.82) is 0 Å². The van der Waals surface area contributed by atoms with E-state index >= 15 is 0 Å². The number of hydrogen-bond acceptors (Lipinski definition) is 3. The van der Waals surface area contributed by atoms with Crippen LogP contribution in [0.25, 0.3) is 0 Å². The Morgan fingerprint density at radius 1 is 1.28 bits per heavy atom. The molecule has 0 amide bonds. The molecule has 0 saturated heterocycles. The highest BCUT2D eigenvalue weighted by atomic mass is 16.5. The summed E-state index contributed by atoms with van der Waals surface area (Å²) in [5, 5.41) is 9.27. The number of esters is 1. The number of benzene rings is 1. The smallest absolute Gasteiger partial charge is 0.321 e. The highest BCUT2D eigenvalue weighted by molar-refractivity contribution is 5.95. The van der Waals surface area contributed by atoms with Crippen LogP contribution in [0.2, 0.25) is 0 Å². The highest BCUT2D eigenvalue weighted by Crippen LogP contribution is 2.32. The van der Waals surface area contributed by atoms with E-state index < -0.39 is 23.3 Å². The van der Waals surface area contributed by atoms with E-state index in [1.807, 2.05) is 30.3 Å². The van der Waals surface area contributed by atoms with Gasteiger partial charge in [0.15, 0.2) is 5.92 Å². The van der Waals surface area contributed by atoms with E-state index in [0.29, 0.717) is 0 Å². The average Bonchev–Trinajstić information content (AvgIpc) is 2.29. The first-order valence-corrected chi connectivity index (χ1v) is 5.86. The Morgan fingerprint density at radius 2 is 1.83 bits per heavy atom. The second-order valence-electron chi connectivity index (χ2n) is 4.61. The van der Waals surface area contributed by atoms with Gasteiger partial charge in [0.2, 0.25) is 0 Å². The molecule has 0 fully saturated rings. The predicted octanol–water partition coefficient (Wildman–Crippen LogP) is 2.23. The van der Waals surface area contributed by atoms with E-state index in [2.05, 4.69) is 0 Å². The number of carbonyl (C=O) groups excluding carboxylic acids is 1. The zero-order valence-corrected chi connectivity index (χ0v) is 10.8. The Kier molecular flexibility index (Phi) is 4.48. The number of rotatable bonds is 5. The topological polar surface area (TPSA) is 63.6 Å². The van der Waals surface area contributed by atoms with Crippen molar-refractivity contribution in [3.63, 3.8) is 0 Å². The molecule has 1 atom stereocenters. The third-order valence-electron chi connectivity index (χ3n) is 3.01. The molecule has 0 saturated carbocycles. The first-order chi connectivity index (χ1) is 8.41. The summed E-state index contributed by atoms with van der Waals surface area (Å²) in [4.78, 5) is 23.1. The van der Waals surface area contributed by atoms with E-state index in [9.17, 15) is 14.7 Å². The Morgan fingerprint density at radius 3 is 2.28 bits per heavy atom. The second-order valence-corrected chi connectivity index (χ2v) is 4.61. The standard InChI is InChI=1S/C14H18O4/c1-4-18-13(17)11(12(15)16)14(2,3)10-8-6-5-7-9-10/h5-9,11H,4H2,1-3H3,(H,15,16)/t11-/m0/s1. The molecular formula is C14H18O4. The van der Waals surface area contributed by atoms with Gasteiger partial charge in [-0.25, -0.2) is 0 Å². The van der Waals surface area contributed by atoms with Gasteiger partial charge in [0, 0.05) is 5.41 Å². The minimum absolute atomic E-state index is 0.174. The summed E-state index contributed by atoms with van der Waals surface area (Å²) in [6.45, 7) is 5.30. The van der Waals surface area contributed by atoms with Crippen LogP contribution < -0.4 is 0 Å². The third kappa shape index (κ3) is 2.88. The maximum absolute atomic E-state index is 11.8. The molecule has 0 radical (unpaired) electrons. The molecule has 0 bridgehead atoms. The zero-order chi connectivity index (χ0) is 13.8. The monoisotopic (exact) mass is 250 g/mol. The molecule has 0 aliphatic heterocycles. The van der Waals surface area contributed by atoms with Crippen LogP contribution in [0.5, 0.6) is 0 Å². The van der Waals surface area contributed by atoms with Crippen molar-refractivity contribution in [2.45, 2.75) is 26.2 Å². The number of ether oxygens (including phenoxy) is 1. The van der Waals surface area contributed by atoms with Gasteiger partial charge in [0.25, 0.3) is 0 Å². The van der Waals surface area contributed by atoms with Gasteiger partial charge in [-0.15, -0.1) is 0 Å². The molecule has 0 aliphatic carbocycles. The number of aliphatic carboxylic acids is 1. The first kappa shape index (κ1) is 14.2. The van der Waals surface area contributed by atoms with Crippen LogP contribution in [0, 0.1) is 5.92 Å². The van der Waals surface area contributed by atoms with Gasteiger partial charge in [-0.2, -0.15) is 0 Å². The van der Waals surface area contributed by atoms with Gasteiger partial charge < -0.3 is 9.84 Å². The zero-order valence-electron chi connectivity index (χ0n) is 10.8. The molecule has 4 nitrogen and oxygen atoms in total. The Balaban J connectivity index is 3.12. The van der Waals surface area contributed by atoms with E-state index in [4.69, 9.17) is 4.74 Å². The van der Waals surface area contributed by atoms with Crippen molar-refractivity contribution in [3.8, 4) is 0 Å². The number of carboxylic acid groups (broad SMARTS) is 1. The Hall–Kier alpha value is -1.84. The molecule has 0 heterocycles. The Labute approximate surface area is 107 Å². The van der Waals surface area contributed by atoms with Gasteiger partial charge in [-0.1, -0.05) is 44.2 Å². The molecule has 0 unspecified atom stereocenters. The number of hydrogen-bond donors (Lipinski definition) is 1. The van der Waals surface area contributed by atoms with Gasteiger partial charge in [0.05, 0.1) is 6.61 Å². The number of carbonyl (C=O) groups is 2. The van der Waals surface area contributed by atoms with Gasteiger partial charge in [-0.05, 0) is 12.5 Å². The summed E-state index contributed by atoms with van der Waals surface area (Å²) in [5.74, 6) is -3.07. The van der Waals surface area contributed by atoms with Gasteiger partial charge >= 0.3 is 11.9 Å². The predicted molar refractivity (Wildman–Crippen MR) is 67.2 cm³/mol. The van der Waals surface area contributed by atoms with Crippen LogP contribution in [0.1, 0.15) is 26.3 Å². The van der Waals surface area contributed by atoms with Crippen LogP contribution in [0.3, 0.4) is 0 Å². The lowest BCUT2D eigenvalue weighted by Gasteiger charge is -2.30. The molecule has 1 aromatic rings. The molecule has 18 heavy (non-hydrogen) atoms. The summed E-state index contributed by atoms with van der Waals surface area (Å²) in [6, 6.07) is 9.12. The lowest BCUT2D eigenvalue weighted by Crippen LogP contribution is -2.41. The summed E-state index contributed by atoms with van der Waals surface area (Å²) in [6.07, 6.45) is 0. The van der Waals surface area contributed by atoms with Crippen LogP contribution in [0.4, 0.5) is 0 Å². The SMILES string of the molecule is CCOC(=O)[C@H](C(=O)O)C(C)(C)c1ccccc1. The Bertz CT molecular complexity index is 423. The van der Waals surface area contributed by atoms with E-state index in [1.165, 1.54) is 0 Å². The molecule has 0 aromatic heterocycles. The molecule has 4 heteroatoms. The fourth-order valence-electron chi connectivity index (χ4n) is 1.96. The first-order valence-electron chi connectivity index (χ1n) is 5.86. The molecular weight excluding hydrogens is 232 g/mol. The lowest BCUT2D eigenvalue weighted by molar-refractivity contribution is -0.161. The van der Waals surface area contributed by atoms with Crippen molar-refractivity contribution >= 4 is 11.9 Å². The van der Waals surface area contributed by atoms with Crippen molar-refractivity contribution < 1.29 is 19.4 Å². The minimum Gasteiger partial charge on any atom is -0.481 e. The van der Waals surface area contributed by atoms with E-state index in [1.54, 1.807) is 20.8 Å². The van der Waals surface area contributed by atoms with Crippen molar-refractivity contribution in [2.24, 2.45) is 5.92 Å². The summed E-state index contributed by atoms with van der Waals surface area (Å²) < 4.78 is 4.85. The second kappa shape index (κ2) is 5.67. The normalized spacial score (nSPS) is 12.8. The maximum Gasteiger partial charge on any atom is 0.321 e. The van der Waals surface area contributed by atoms with Crippen LogP contribution in [-0.4, -0.2) is 23.7 Å². The molecule has 98 valence electrons. The number of carboxylic acids is 1. The van der Waals surface area contributed by atoms with E-state index in [-0.39, 0.29) is 6.61 Å². The lowest BCUT2D eigenvalue weighted by atomic mass is 9.73. The van der Waals surface area contributed by atoms with Gasteiger partial charge in [0.1, 0.15) is 0 Å². The quantitative estimate of drug-likeness (QED) is 0.643. The molecule has 0 aliphatic rings. The highest BCUT2D eigenvalue weighted by Gasteiger charge is 2.43. The average molecular weight is 250 g/mol.